The van der Waals surface area contributed by atoms with Crippen molar-refractivity contribution >= 4 is 5.97 Å². The molecule has 0 fully saturated rings. The minimum atomic E-state index is -0.891. The molecule has 1 aromatic heterocycles. The van der Waals surface area contributed by atoms with E-state index in [1.54, 1.807) is 12.1 Å². The van der Waals surface area contributed by atoms with Crippen molar-refractivity contribution in [2.24, 2.45) is 0 Å². The van der Waals surface area contributed by atoms with Crippen LogP contribution in [0.5, 0.6) is 5.75 Å². The number of aryl methyl sites for hydroxylation is 3. The van der Waals surface area contributed by atoms with Gasteiger partial charge in [0.25, 0.3) is 0 Å². The van der Waals surface area contributed by atoms with Crippen LogP contribution in [0.25, 0.3) is 22.3 Å². The maximum absolute atomic E-state index is 13.1. The molecule has 5 heteroatoms. The number of nitrogens with zero attached hydrogens (tertiary/aromatic N) is 1. The highest BCUT2D eigenvalue weighted by molar-refractivity contribution is 5.89. The molecule has 0 radical (unpaired) electrons. The van der Waals surface area contributed by atoms with Gasteiger partial charge in [-0.25, -0.2) is 4.39 Å². The smallest absolute Gasteiger partial charge is 0.307 e. The summed E-state index contributed by atoms with van der Waals surface area (Å²) in [5.74, 6) is -0.479. The fourth-order valence-corrected chi connectivity index (χ4v) is 4.11. The highest BCUT2D eigenvalue weighted by atomic mass is 19.1. The summed E-state index contributed by atoms with van der Waals surface area (Å²) in [6.45, 7) is 6.17. The zero-order valence-corrected chi connectivity index (χ0v) is 19.4. The number of benzene rings is 3. The number of halogens is 1. The van der Waals surface area contributed by atoms with E-state index < -0.39 is 5.97 Å². The van der Waals surface area contributed by atoms with Gasteiger partial charge in [-0.15, -0.1) is 0 Å². The predicted octanol–water partition coefficient (Wildman–Crippen LogP) is 6.69. The van der Waals surface area contributed by atoms with Crippen molar-refractivity contribution in [3.63, 3.8) is 0 Å². The molecule has 0 aliphatic carbocycles. The first-order valence-electron chi connectivity index (χ1n) is 11.1. The number of aliphatic carboxylic acids is 1. The van der Waals surface area contributed by atoms with Crippen LogP contribution in [0.1, 0.15) is 28.1 Å². The lowest BCUT2D eigenvalue weighted by Crippen LogP contribution is -2.08. The normalized spacial score (nSPS) is 10.8. The number of carboxylic acids is 1. The van der Waals surface area contributed by atoms with Gasteiger partial charge in [0, 0.05) is 17.0 Å². The second kappa shape index (κ2) is 9.87. The number of hydrogen-bond acceptors (Lipinski definition) is 3. The number of ether oxygens (including phenoxy) is 1. The molecule has 172 valence electrons. The third-order valence-corrected chi connectivity index (χ3v) is 5.82. The van der Waals surface area contributed by atoms with Crippen LogP contribution in [-0.4, -0.2) is 16.1 Å². The van der Waals surface area contributed by atoms with E-state index in [-0.39, 0.29) is 12.2 Å². The molecule has 4 aromatic rings. The molecule has 0 saturated heterocycles. The fourth-order valence-electron chi connectivity index (χ4n) is 4.11. The van der Waals surface area contributed by atoms with Gasteiger partial charge in [0.2, 0.25) is 0 Å². The van der Waals surface area contributed by atoms with E-state index in [1.165, 1.54) is 12.1 Å². The SMILES string of the molecule is Cc1ccc(-c2c(CC(=O)O)c(C)nc(C)c2-c2ccc(OCc3ccc(F)cc3)cc2)cc1. The lowest BCUT2D eigenvalue weighted by molar-refractivity contribution is -0.136. The summed E-state index contributed by atoms with van der Waals surface area (Å²) in [5.41, 5.74) is 7.99. The second-order valence-corrected chi connectivity index (χ2v) is 8.39. The van der Waals surface area contributed by atoms with E-state index >= 15 is 0 Å². The average Bonchev–Trinajstić information content (AvgIpc) is 2.81. The van der Waals surface area contributed by atoms with E-state index in [0.29, 0.717) is 17.9 Å². The molecule has 1 N–H and O–H groups in total. The van der Waals surface area contributed by atoms with E-state index in [4.69, 9.17) is 4.74 Å². The monoisotopic (exact) mass is 455 g/mol. The number of carbonyl (C=O) groups is 1. The summed E-state index contributed by atoms with van der Waals surface area (Å²) in [7, 11) is 0. The largest absolute Gasteiger partial charge is 0.489 e. The molecule has 3 aromatic carbocycles. The lowest BCUT2D eigenvalue weighted by atomic mass is 9.87. The molecule has 4 rings (SSSR count). The van der Waals surface area contributed by atoms with Crippen LogP contribution in [0.15, 0.2) is 72.8 Å². The maximum Gasteiger partial charge on any atom is 0.307 e. The first-order valence-corrected chi connectivity index (χ1v) is 11.1. The summed E-state index contributed by atoms with van der Waals surface area (Å²) >= 11 is 0. The first kappa shape index (κ1) is 23.2. The predicted molar refractivity (Wildman–Crippen MR) is 131 cm³/mol. The van der Waals surface area contributed by atoms with Gasteiger partial charge in [0.05, 0.1) is 6.42 Å². The summed E-state index contributed by atoms with van der Waals surface area (Å²) in [4.78, 5) is 16.4. The van der Waals surface area contributed by atoms with Gasteiger partial charge in [-0.3, -0.25) is 9.78 Å². The van der Waals surface area contributed by atoms with Crippen LogP contribution in [0.4, 0.5) is 4.39 Å². The average molecular weight is 456 g/mol. The van der Waals surface area contributed by atoms with Gasteiger partial charge < -0.3 is 9.84 Å². The molecule has 0 unspecified atom stereocenters. The summed E-state index contributed by atoms with van der Waals surface area (Å²) in [6.07, 6.45) is -0.103. The molecule has 34 heavy (non-hydrogen) atoms. The highest BCUT2D eigenvalue weighted by Gasteiger charge is 2.20. The van der Waals surface area contributed by atoms with E-state index in [2.05, 4.69) is 4.98 Å². The summed E-state index contributed by atoms with van der Waals surface area (Å²) in [5, 5.41) is 9.58. The van der Waals surface area contributed by atoms with Crippen molar-refractivity contribution in [1.29, 1.82) is 0 Å². The molecule has 0 aliphatic heterocycles. The molecule has 0 bridgehead atoms. The maximum atomic E-state index is 13.1. The van der Waals surface area contributed by atoms with Gasteiger partial charge in [-0.1, -0.05) is 54.1 Å². The lowest BCUT2D eigenvalue weighted by Gasteiger charge is -2.19. The molecule has 0 aliphatic rings. The Morgan fingerprint density at radius 3 is 2.03 bits per heavy atom. The molecule has 0 amide bonds. The second-order valence-electron chi connectivity index (χ2n) is 8.39. The molecular weight excluding hydrogens is 429 g/mol. The van der Waals surface area contributed by atoms with Crippen molar-refractivity contribution in [2.45, 2.75) is 33.8 Å². The van der Waals surface area contributed by atoms with E-state index in [0.717, 1.165) is 44.8 Å². The zero-order chi connectivity index (χ0) is 24.2. The van der Waals surface area contributed by atoms with Crippen molar-refractivity contribution in [3.05, 3.63) is 107 Å². The molecule has 0 saturated carbocycles. The number of hydrogen-bond donors (Lipinski definition) is 1. The molecule has 1 heterocycles. The molecule has 4 nitrogen and oxygen atoms in total. The number of aromatic nitrogens is 1. The Morgan fingerprint density at radius 1 is 0.824 bits per heavy atom. The Bertz CT molecular complexity index is 1310. The van der Waals surface area contributed by atoms with Crippen LogP contribution in [0, 0.1) is 26.6 Å². The number of rotatable bonds is 7. The minimum absolute atomic E-state index is 0.103. The Kier molecular flexibility index (Phi) is 6.73. The molecule has 0 atom stereocenters. The Labute approximate surface area is 198 Å². The van der Waals surface area contributed by atoms with Crippen LogP contribution < -0.4 is 4.74 Å². The zero-order valence-electron chi connectivity index (χ0n) is 19.4. The standard InChI is InChI=1S/C29H26FNO3/c1-18-4-8-23(9-5-18)29-26(16-27(32)33)19(2)31-20(3)28(29)22-10-14-25(15-11-22)34-17-21-6-12-24(30)13-7-21/h4-15H,16-17H2,1-3H3,(H,32,33). The van der Waals surface area contributed by atoms with Gasteiger partial charge in [-0.05, 0) is 72.9 Å². The van der Waals surface area contributed by atoms with E-state index in [9.17, 15) is 14.3 Å². The van der Waals surface area contributed by atoms with Gasteiger partial charge in [0.15, 0.2) is 0 Å². The minimum Gasteiger partial charge on any atom is -0.489 e. The summed E-state index contributed by atoms with van der Waals surface area (Å²) < 4.78 is 19.0. The molecular formula is C29H26FNO3. The van der Waals surface area contributed by atoms with Gasteiger partial charge in [-0.2, -0.15) is 0 Å². The third-order valence-electron chi connectivity index (χ3n) is 5.82. The van der Waals surface area contributed by atoms with Crippen molar-refractivity contribution < 1.29 is 19.0 Å². The third kappa shape index (κ3) is 5.15. The van der Waals surface area contributed by atoms with E-state index in [1.807, 2.05) is 69.3 Å². The Hall–Kier alpha value is -3.99. The van der Waals surface area contributed by atoms with Crippen LogP contribution >= 0.6 is 0 Å². The Balaban J connectivity index is 1.73. The topological polar surface area (TPSA) is 59.4 Å². The quantitative estimate of drug-likeness (QED) is 0.337. The Morgan fingerprint density at radius 2 is 1.41 bits per heavy atom. The van der Waals surface area contributed by atoms with Crippen LogP contribution in [-0.2, 0) is 17.8 Å². The van der Waals surface area contributed by atoms with Gasteiger partial charge in [0.1, 0.15) is 18.2 Å². The number of carboxylic acid groups (broad SMARTS) is 1. The van der Waals surface area contributed by atoms with Crippen molar-refractivity contribution in [2.75, 3.05) is 0 Å². The van der Waals surface area contributed by atoms with Crippen LogP contribution in [0.2, 0.25) is 0 Å². The van der Waals surface area contributed by atoms with Crippen molar-refractivity contribution in [3.8, 4) is 28.0 Å². The van der Waals surface area contributed by atoms with Gasteiger partial charge >= 0.3 is 5.97 Å². The molecule has 0 spiro atoms. The summed E-state index contributed by atoms with van der Waals surface area (Å²) in [6, 6.07) is 22.0. The fraction of sp³-hybridized carbons (Fsp3) is 0.172. The highest BCUT2D eigenvalue weighted by Crippen LogP contribution is 2.39. The van der Waals surface area contributed by atoms with Crippen molar-refractivity contribution in [1.82, 2.24) is 4.98 Å². The number of pyridine rings is 1. The van der Waals surface area contributed by atoms with Crippen LogP contribution in [0.3, 0.4) is 0 Å². The first-order chi connectivity index (χ1) is 16.3.